The number of fused-ring (bicyclic) bond motifs is 1. The lowest BCUT2D eigenvalue weighted by molar-refractivity contribution is 0.586. The van der Waals surface area contributed by atoms with Crippen LogP contribution in [0.4, 0.5) is 11.8 Å². The molecule has 3 rings (SSSR count). The van der Waals surface area contributed by atoms with Gasteiger partial charge in [-0.25, -0.2) is 4.98 Å². The minimum absolute atomic E-state index is 0.519. The second-order valence-electron chi connectivity index (χ2n) is 5.65. The summed E-state index contributed by atoms with van der Waals surface area (Å²) in [6.07, 6.45) is 5.20. The highest BCUT2D eigenvalue weighted by Crippen LogP contribution is 2.36. The van der Waals surface area contributed by atoms with Crippen LogP contribution in [-0.4, -0.2) is 23.1 Å². The molecule has 0 amide bonds. The maximum absolute atomic E-state index is 4.62. The molecule has 0 saturated heterocycles. The van der Waals surface area contributed by atoms with Crippen molar-refractivity contribution in [2.24, 2.45) is 5.92 Å². The van der Waals surface area contributed by atoms with E-state index < -0.39 is 0 Å². The molecule has 108 valence electrons. The van der Waals surface area contributed by atoms with Crippen molar-refractivity contribution in [2.75, 3.05) is 17.7 Å². The number of aromatic nitrogens is 2. The number of hydrogen-bond acceptors (Lipinski definition) is 5. The second kappa shape index (κ2) is 5.56. The first-order chi connectivity index (χ1) is 9.69. The van der Waals surface area contributed by atoms with Crippen molar-refractivity contribution in [1.29, 1.82) is 0 Å². The van der Waals surface area contributed by atoms with Crippen LogP contribution in [0.5, 0.6) is 0 Å². The van der Waals surface area contributed by atoms with E-state index in [0.717, 1.165) is 28.4 Å². The number of rotatable bonds is 6. The van der Waals surface area contributed by atoms with Crippen molar-refractivity contribution >= 4 is 33.3 Å². The van der Waals surface area contributed by atoms with E-state index >= 15 is 0 Å². The molecule has 1 aliphatic carbocycles. The average Bonchev–Trinajstić information content (AvgIpc) is 3.17. The van der Waals surface area contributed by atoms with E-state index in [0.29, 0.717) is 12.0 Å². The Labute approximate surface area is 124 Å². The van der Waals surface area contributed by atoms with Gasteiger partial charge in [-0.2, -0.15) is 4.98 Å². The van der Waals surface area contributed by atoms with E-state index in [1.165, 1.54) is 24.1 Å². The average molecular weight is 290 g/mol. The molecule has 2 aromatic heterocycles. The van der Waals surface area contributed by atoms with E-state index in [1.807, 2.05) is 7.05 Å². The summed E-state index contributed by atoms with van der Waals surface area (Å²) >= 11 is 1.73. The first-order valence-electron chi connectivity index (χ1n) is 7.42. The third-order valence-corrected chi connectivity index (χ3v) is 4.83. The zero-order valence-corrected chi connectivity index (χ0v) is 13.2. The maximum atomic E-state index is 4.62. The largest absolute Gasteiger partial charge is 0.367 e. The number of thiophene rings is 1. The fraction of sp³-hybridized carbons (Fsp3) is 0.600. The summed E-state index contributed by atoms with van der Waals surface area (Å²) in [6, 6.07) is 2.71. The summed E-state index contributed by atoms with van der Waals surface area (Å²) in [5, 5.41) is 7.86. The van der Waals surface area contributed by atoms with Gasteiger partial charge < -0.3 is 10.6 Å². The van der Waals surface area contributed by atoms with Crippen molar-refractivity contribution in [2.45, 2.75) is 45.6 Å². The smallest absolute Gasteiger partial charge is 0.225 e. The van der Waals surface area contributed by atoms with Gasteiger partial charge in [-0.05, 0) is 31.7 Å². The van der Waals surface area contributed by atoms with Gasteiger partial charge in [-0.3, -0.25) is 0 Å². The van der Waals surface area contributed by atoms with E-state index in [1.54, 1.807) is 11.3 Å². The summed E-state index contributed by atoms with van der Waals surface area (Å²) in [5.74, 6) is 2.61. The van der Waals surface area contributed by atoms with E-state index in [9.17, 15) is 0 Å². The lowest BCUT2D eigenvalue weighted by atomic mass is 10.1. The van der Waals surface area contributed by atoms with Gasteiger partial charge in [-0.1, -0.05) is 19.8 Å². The molecule has 1 saturated carbocycles. The predicted molar refractivity (Wildman–Crippen MR) is 86.7 cm³/mol. The Morgan fingerprint density at radius 2 is 2.20 bits per heavy atom. The molecule has 1 atom stereocenters. The molecule has 2 heterocycles. The van der Waals surface area contributed by atoms with Crippen LogP contribution in [0.25, 0.3) is 10.2 Å². The van der Waals surface area contributed by atoms with Crippen LogP contribution < -0.4 is 10.6 Å². The molecule has 1 aliphatic rings. The summed E-state index contributed by atoms with van der Waals surface area (Å²) < 4.78 is 0. The minimum atomic E-state index is 0.519. The van der Waals surface area contributed by atoms with Gasteiger partial charge in [0.2, 0.25) is 5.95 Å². The van der Waals surface area contributed by atoms with Crippen LogP contribution in [0.1, 0.15) is 37.5 Å². The SMILES string of the molecule is CCC(CC1CC1)Nc1nc(NC)nc2sc(C)cc12. The van der Waals surface area contributed by atoms with Crippen LogP contribution in [0.2, 0.25) is 0 Å². The summed E-state index contributed by atoms with van der Waals surface area (Å²) in [5.41, 5.74) is 0. The van der Waals surface area contributed by atoms with Crippen molar-refractivity contribution in [1.82, 2.24) is 9.97 Å². The number of hydrogen-bond donors (Lipinski definition) is 2. The number of nitrogens with one attached hydrogen (secondary N) is 2. The highest BCUT2D eigenvalue weighted by atomic mass is 32.1. The highest BCUT2D eigenvalue weighted by molar-refractivity contribution is 7.18. The third-order valence-electron chi connectivity index (χ3n) is 3.89. The Morgan fingerprint density at radius 3 is 2.85 bits per heavy atom. The van der Waals surface area contributed by atoms with Crippen LogP contribution >= 0.6 is 11.3 Å². The highest BCUT2D eigenvalue weighted by Gasteiger charge is 2.25. The minimum Gasteiger partial charge on any atom is -0.367 e. The molecule has 2 aromatic rings. The van der Waals surface area contributed by atoms with Crippen molar-refractivity contribution in [3.05, 3.63) is 10.9 Å². The lowest BCUT2D eigenvalue weighted by Crippen LogP contribution is -2.20. The molecular formula is C15H22N4S. The molecule has 0 aromatic carbocycles. The molecule has 4 nitrogen and oxygen atoms in total. The van der Waals surface area contributed by atoms with Gasteiger partial charge in [0.15, 0.2) is 0 Å². The standard InChI is InChI=1S/C15H22N4S/c1-4-11(8-10-5-6-10)17-13-12-7-9(2)20-14(12)19-15(16-3)18-13/h7,10-11H,4-6,8H2,1-3H3,(H2,16,17,18,19). The zero-order valence-electron chi connectivity index (χ0n) is 12.4. The molecular weight excluding hydrogens is 268 g/mol. The zero-order chi connectivity index (χ0) is 14.1. The van der Waals surface area contributed by atoms with Gasteiger partial charge in [-0.15, -0.1) is 11.3 Å². The Balaban J connectivity index is 1.91. The Hall–Kier alpha value is -1.36. The van der Waals surface area contributed by atoms with Crippen LogP contribution in [0, 0.1) is 12.8 Å². The quantitative estimate of drug-likeness (QED) is 0.843. The molecule has 20 heavy (non-hydrogen) atoms. The predicted octanol–water partition coefficient (Wildman–Crippen LogP) is 4.03. The normalized spacial score (nSPS) is 16.4. The first-order valence-corrected chi connectivity index (χ1v) is 8.23. The van der Waals surface area contributed by atoms with Gasteiger partial charge >= 0.3 is 0 Å². The van der Waals surface area contributed by atoms with Gasteiger partial charge in [0.05, 0.1) is 5.39 Å². The summed E-state index contributed by atoms with van der Waals surface area (Å²) in [4.78, 5) is 11.5. The molecule has 1 fully saturated rings. The maximum Gasteiger partial charge on any atom is 0.225 e. The van der Waals surface area contributed by atoms with Gasteiger partial charge in [0, 0.05) is 18.0 Å². The lowest BCUT2D eigenvalue weighted by Gasteiger charge is -2.18. The van der Waals surface area contributed by atoms with Crippen molar-refractivity contribution < 1.29 is 0 Å². The first kappa shape index (κ1) is 13.6. The summed E-state index contributed by atoms with van der Waals surface area (Å²) in [6.45, 7) is 4.37. The number of nitrogens with zero attached hydrogens (tertiary/aromatic N) is 2. The van der Waals surface area contributed by atoms with Crippen LogP contribution in [0.15, 0.2) is 6.07 Å². The number of anilines is 2. The topological polar surface area (TPSA) is 49.8 Å². The second-order valence-corrected chi connectivity index (χ2v) is 6.89. The molecule has 5 heteroatoms. The van der Waals surface area contributed by atoms with Crippen molar-refractivity contribution in [3.63, 3.8) is 0 Å². The molecule has 0 radical (unpaired) electrons. The van der Waals surface area contributed by atoms with Crippen LogP contribution in [-0.2, 0) is 0 Å². The Morgan fingerprint density at radius 1 is 1.40 bits per heavy atom. The molecule has 0 bridgehead atoms. The van der Waals surface area contributed by atoms with Crippen molar-refractivity contribution in [3.8, 4) is 0 Å². The summed E-state index contributed by atoms with van der Waals surface area (Å²) in [7, 11) is 1.87. The van der Waals surface area contributed by atoms with Gasteiger partial charge in [0.25, 0.3) is 0 Å². The molecule has 1 unspecified atom stereocenters. The Kier molecular flexibility index (Phi) is 3.78. The van der Waals surface area contributed by atoms with Crippen LogP contribution in [0.3, 0.4) is 0 Å². The fourth-order valence-electron chi connectivity index (χ4n) is 2.54. The van der Waals surface area contributed by atoms with E-state index in [2.05, 4.69) is 40.5 Å². The van der Waals surface area contributed by atoms with Gasteiger partial charge in [0.1, 0.15) is 10.6 Å². The molecule has 2 N–H and O–H groups in total. The fourth-order valence-corrected chi connectivity index (χ4v) is 3.42. The molecule has 0 aliphatic heterocycles. The van der Waals surface area contributed by atoms with E-state index in [4.69, 9.17) is 0 Å². The monoisotopic (exact) mass is 290 g/mol. The van der Waals surface area contributed by atoms with E-state index in [-0.39, 0.29) is 0 Å². The molecule has 0 spiro atoms. The number of aryl methyl sites for hydroxylation is 1. The third kappa shape index (κ3) is 2.87. The Bertz CT molecular complexity index is 603.